The van der Waals surface area contributed by atoms with Gasteiger partial charge in [-0.2, -0.15) is 0 Å². The van der Waals surface area contributed by atoms with Gasteiger partial charge in [-0.05, 0) is 30.7 Å². The smallest absolute Gasteiger partial charge is 0.254 e. The molecule has 1 aliphatic rings. The number of aliphatic hydroxyl groups excluding tert-OH is 2. The van der Waals surface area contributed by atoms with Crippen molar-refractivity contribution in [3.63, 3.8) is 0 Å². The van der Waals surface area contributed by atoms with Gasteiger partial charge in [0.15, 0.2) is 0 Å². The fraction of sp³-hybridized carbons (Fsp3) is 0.417. The predicted molar refractivity (Wildman–Crippen MR) is 59.1 cm³/mol. The van der Waals surface area contributed by atoms with Crippen LogP contribution in [0.4, 0.5) is 4.39 Å². The van der Waals surface area contributed by atoms with Crippen LogP contribution >= 0.6 is 0 Å². The Morgan fingerprint density at radius 2 is 1.94 bits per heavy atom. The van der Waals surface area contributed by atoms with Gasteiger partial charge in [-0.3, -0.25) is 4.79 Å². The second kappa shape index (κ2) is 4.43. The van der Waals surface area contributed by atoms with Crippen molar-refractivity contribution in [3.8, 4) is 0 Å². The van der Waals surface area contributed by atoms with E-state index in [1.807, 2.05) is 0 Å². The predicted octanol–water partition coefficient (Wildman–Crippen LogP) is 0.312. The Balaban J connectivity index is 2.17. The first-order chi connectivity index (χ1) is 7.99. The lowest BCUT2D eigenvalue weighted by Crippen LogP contribution is -2.29. The van der Waals surface area contributed by atoms with Crippen molar-refractivity contribution >= 4 is 5.91 Å². The molecule has 0 unspecified atom stereocenters. The van der Waals surface area contributed by atoms with Gasteiger partial charge in [0.1, 0.15) is 5.82 Å². The van der Waals surface area contributed by atoms with E-state index in [0.717, 1.165) is 0 Å². The molecule has 1 saturated heterocycles. The Labute approximate surface area is 98.3 Å². The average molecular weight is 239 g/mol. The fourth-order valence-corrected chi connectivity index (χ4v) is 1.90. The Bertz CT molecular complexity index is 439. The zero-order valence-corrected chi connectivity index (χ0v) is 9.43. The summed E-state index contributed by atoms with van der Waals surface area (Å²) >= 11 is 0. The number of hydrogen-bond acceptors (Lipinski definition) is 3. The Morgan fingerprint density at radius 1 is 1.35 bits per heavy atom. The van der Waals surface area contributed by atoms with Crippen LogP contribution in [0.3, 0.4) is 0 Å². The number of nitrogens with zero attached hydrogens (tertiary/aromatic N) is 1. The highest BCUT2D eigenvalue weighted by Gasteiger charge is 2.32. The zero-order chi connectivity index (χ0) is 12.6. The lowest BCUT2D eigenvalue weighted by Gasteiger charge is -2.15. The number of halogens is 1. The van der Waals surface area contributed by atoms with Crippen LogP contribution in [0.25, 0.3) is 0 Å². The molecule has 0 spiro atoms. The first-order valence-corrected chi connectivity index (χ1v) is 5.40. The van der Waals surface area contributed by atoms with Gasteiger partial charge in [0.05, 0.1) is 12.2 Å². The molecule has 1 fully saturated rings. The summed E-state index contributed by atoms with van der Waals surface area (Å²) in [5.74, 6) is -0.660. The normalized spacial score (nSPS) is 24.1. The van der Waals surface area contributed by atoms with Crippen LogP contribution in [0.2, 0.25) is 0 Å². The molecule has 1 aromatic carbocycles. The van der Waals surface area contributed by atoms with Gasteiger partial charge < -0.3 is 15.1 Å². The lowest BCUT2D eigenvalue weighted by atomic mass is 10.1. The molecule has 2 N–H and O–H groups in total. The summed E-state index contributed by atoms with van der Waals surface area (Å²) in [6, 6.07) is 4.11. The van der Waals surface area contributed by atoms with Crippen molar-refractivity contribution in [2.24, 2.45) is 0 Å². The molecule has 2 atom stereocenters. The molecule has 1 aromatic rings. The molecule has 5 heteroatoms. The maximum absolute atomic E-state index is 13.1. The Hall–Kier alpha value is -1.46. The number of carbonyl (C=O) groups excluding carboxylic acids is 1. The number of aliphatic hydroxyl groups is 2. The van der Waals surface area contributed by atoms with Crippen LogP contribution in [0.1, 0.15) is 15.9 Å². The highest BCUT2D eigenvalue weighted by atomic mass is 19.1. The van der Waals surface area contributed by atoms with Crippen molar-refractivity contribution in [1.29, 1.82) is 0 Å². The van der Waals surface area contributed by atoms with Gasteiger partial charge in [-0.15, -0.1) is 0 Å². The molecular weight excluding hydrogens is 225 g/mol. The van der Waals surface area contributed by atoms with E-state index in [1.165, 1.54) is 23.1 Å². The topological polar surface area (TPSA) is 60.8 Å². The number of carbonyl (C=O) groups is 1. The summed E-state index contributed by atoms with van der Waals surface area (Å²) in [7, 11) is 0. The number of likely N-dealkylation sites (tertiary alicyclic amines) is 1. The lowest BCUT2D eigenvalue weighted by molar-refractivity contribution is 0.0572. The van der Waals surface area contributed by atoms with Crippen molar-refractivity contribution < 1.29 is 19.4 Å². The van der Waals surface area contributed by atoms with E-state index in [2.05, 4.69) is 0 Å². The molecule has 0 radical (unpaired) electrons. The SMILES string of the molecule is Cc1cc(C(=O)N2C[C@@H](O)[C@@H](O)C2)ccc1F. The highest BCUT2D eigenvalue weighted by Crippen LogP contribution is 2.16. The van der Waals surface area contributed by atoms with Crippen LogP contribution in [-0.4, -0.2) is 46.3 Å². The molecule has 0 saturated carbocycles. The molecule has 0 aliphatic carbocycles. The average Bonchev–Trinajstić information content (AvgIpc) is 2.62. The number of amides is 1. The maximum Gasteiger partial charge on any atom is 0.254 e. The monoisotopic (exact) mass is 239 g/mol. The first kappa shape index (κ1) is 12.0. The van der Waals surface area contributed by atoms with Gasteiger partial charge in [0.2, 0.25) is 0 Å². The summed E-state index contributed by atoms with van der Waals surface area (Å²) in [6.07, 6.45) is -1.80. The second-order valence-corrected chi connectivity index (χ2v) is 4.31. The largest absolute Gasteiger partial charge is 0.388 e. The van der Waals surface area contributed by atoms with E-state index < -0.39 is 12.2 Å². The quantitative estimate of drug-likeness (QED) is 0.741. The van der Waals surface area contributed by atoms with E-state index in [0.29, 0.717) is 11.1 Å². The molecule has 2 rings (SSSR count). The standard InChI is InChI=1S/C12H14FNO3/c1-7-4-8(2-3-9(7)13)12(17)14-5-10(15)11(16)6-14/h2-4,10-11,15-16H,5-6H2,1H3/t10-,11+. The molecule has 0 bridgehead atoms. The highest BCUT2D eigenvalue weighted by molar-refractivity contribution is 5.94. The van der Waals surface area contributed by atoms with E-state index in [-0.39, 0.29) is 24.8 Å². The van der Waals surface area contributed by atoms with Crippen LogP contribution < -0.4 is 0 Å². The number of benzene rings is 1. The van der Waals surface area contributed by atoms with E-state index in [1.54, 1.807) is 6.92 Å². The van der Waals surface area contributed by atoms with E-state index >= 15 is 0 Å². The molecule has 17 heavy (non-hydrogen) atoms. The van der Waals surface area contributed by atoms with Crippen molar-refractivity contribution in [1.82, 2.24) is 4.90 Å². The van der Waals surface area contributed by atoms with Gasteiger partial charge in [-0.25, -0.2) is 4.39 Å². The first-order valence-electron chi connectivity index (χ1n) is 5.40. The fourth-order valence-electron chi connectivity index (χ4n) is 1.90. The minimum absolute atomic E-state index is 0.108. The van der Waals surface area contributed by atoms with E-state index in [9.17, 15) is 19.4 Å². The van der Waals surface area contributed by atoms with Crippen molar-refractivity contribution in [3.05, 3.63) is 35.1 Å². The Morgan fingerprint density at radius 3 is 2.47 bits per heavy atom. The zero-order valence-electron chi connectivity index (χ0n) is 9.43. The van der Waals surface area contributed by atoms with E-state index in [4.69, 9.17) is 0 Å². The van der Waals surface area contributed by atoms with Gasteiger partial charge in [0.25, 0.3) is 5.91 Å². The third-order valence-corrected chi connectivity index (χ3v) is 2.95. The molecule has 4 nitrogen and oxygen atoms in total. The van der Waals surface area contributed by atoms with Gasteiger partial charge in [-0.1, -0.05) is 0 Å². The third-order valence-electron chi connectivity index (χ3n) is 2.95. The number of hydrogen-bond donors (Lipinski definition) is 2. The molecule has 1 aliphatic heterocycles. The van der Waals surface area contributed by atoms with Crippen LogP contribution in [-0.2, 0) is 0 Å². The molecular formula is C12H14FNO3. The van der Waals surface area contributed by atoms with Crippen LogP contribution in [0, 0.1) is 12.7 Å². The number of rotatable bonds is 1. The van der Waals surface area contributed by atoms with Crippen LogP contribution in [0.15, 0.2) is 18.2 Å². The maximum atomic E-state index is 13.1. The van der Waals surface area contributed by atoms with Crippen LogP contribution in [0.5, 0.6) is 0 Å². The van der Waals surface area contributed by atoms with Gasteiger partial charge >= 0.3 is 0 Å². The summed E-state index contributed by atoms with van der Waals surface area (Å²) in [4.78, 5) is 13.3. The molecule has 1 amide bonds. The summed E-state index contributed by atoms with van der Waals surface area (Å²) in [5.41, 5.74) is 0.765. The number of aryl methyl sites for hydroxylation is 1. The summed E-state index contributed by atoms with van der Waals surface area (Å²) < 4.78 is 13.1. The number of β-amino-alcohol motifs (C(OH)–C–C–N with tert-alkyl or cyclic N) is 2. The summed E-state index contributed by atoms with van der Waals surface area (Å²) in [5, 5.41) is 18.7. The molecule has 1 heterocycles. The van der Waals surface area contributed by atoms with Crippen molar-refractivity contribution in [2.45, 2.75) is 19.1 Å². The van der Waals surface area contributed by atoms with Gasteiger partial charge in [0, 0.05) is 18.7 Å². The van der Waals surface area contributed by atoms with Crippen molar-refractivity contribution in [2.75, 3.05) is 13.1 Å². The Kier molecular flexibility index (Phi) is 3.13. The third kappa shape index (κ3) is 2.30. The minimum Gasteiger partial charge on any atom is -0.388 e. The summed E-state index contributed by atoms with van der Waals surface area (Å²) in [6.45, 7) is 1.80. The minimum atomic E-state index is -0.902. The molecule has 0 aromatic heterocycles. The second-order valence-electron chi connectivity index (χ2n) is 4.31. The molecule has 92 valence electrons.